The van der Waals surface area contributed by atoms with Gasteiger partial charge in [0.05, 0.1) is 11.1 Å². The Balaban J connectivity index is 1.42. The van der Waals surface area contributed by atoms with E-state index in [-0.39, 0.29) is 29.0 Å². The van der Waals surface area contributed by atoms with Gasteiger partial charge in [0.25, 0.3) is 5.56 Å². The zero-order valence-electron chi connectivity index (χ0n) is 17.4. The average molecular weight is 457 g/mol. The number of nitrogens with two attached hydrogens (primary N) is 1. The minimum atomic E-state index is -4.12. The fourth-order valence-electron chi connectivity index (χ4n) is 5.04. The lowest BCUT2D eigenvalue weighted by Crippen LogP contribution is -2.38. The number of hydrogen-bond acceptors (Lipinski definition) is 3. The normalized spacial score (nSPS) is 25.5. The molecule has 1 aromatic carbocycles. The van der Waals surface area contributed by atoms with E-state index in [2.05, 4.69) is 4.98 Å². The third-order valence-corrected chi connectivity index (χ3v) is 7.19. The number of benzene rings is 1. The van der Waals surface area contributed by atoms with Gasteiger partial charge in [-0.05, 0) is 86.8 Å². The van der Waals surface area contributed by atoms with Crippen LogP contribution in [0.5, 0.6) is 5.75 Å². The highest BCUT2D eigenvalue weighted by molar-refractivity contribution is 6.32. The van der Waals surface area contributed by atoms with E-state index in [9.17, 15) is 18.0 Å². The van der Waals surface area contributed by atoms with E-state index in [1.54, 1.807) is 24.4 Å². The quantitative estimate of drug-likeness (QED) is 0.528. The second-order valence-electron chi connectivity index (χ2n) is 9.50. The van der Waals surface area contributed by atoms with E-state index in [0.717, 1.165) is 50.3 Å². The highest BCUT2D eigenvalue weighted by Crippen LogP contribution is 2.52. The minimum absolute atomic E-state index is 0.0550. The van der Waals surface area contributed by atoms with Crippen LogP contribution in [-0.2, 0) is 0 Å². The molecule has 2 aliphatic carbocycles. The van der Waals surface area contributed by atoms with Crippen molar-refractivity contribution in [3.63, 3.8) is 0 Å². The fourth-order valence-corrected chi connectivity index (χ4v) is 5.25. The molecule has 0 atom stereocenters. The summed E-state index contributed by atoms with van der Waals surface area (Å²) in [5.41, 5.74) is 5.82. The van der Waals surface area contributed by atoms with Gasteiger partial charge in [-0.15, -0.1) is 0 Å². The number of aromatic nitrogens is 1. The Morgan fingerprint density at radius 2 is 1.90 bits per heavy atom. The fraction of sp³-hybridized carbons (Fsp3) is 0.609. The SMILES string of the molecule is NC1(CC2(CCCC(F)(F)F)CCC(Oc3cc4cc[nH]c(=O)c4cc3Cl)CC2)CC1. The van der Waals surface area contributed by atoms with Gasteiger partial charge in [-0.25, -0.2) is 0 Å². The minimum Gasteiger partial charge on any atom is -0.489 e. The summed E-state index contributed by atoms with van der Waals surface area (Å²) in [5.74, 6) is 0.534. The average Bonchev–Trinajstić information content (AvgIpc) is 3.40. The van der Waals surface area contributed by atoms with Crippen LogP contribution in [0.25, 0.3) is 10.8 Å². The molecular weight excluding hydrogens is 429 g/mol. The van der Waals surface area contributed by atoms with Gasteiger partial charge in [0.15, 0.2) is 0 Å². The Kier molecular flexibility index (Phi) is 6.03. The summed E-state index contributed by atoms with van der Waals surface area (Å²) in [6.07, 6.45) is 3.21. The third-order valence-electron chi connectivity index (χ3n) is 6.90. The summed E-state index contributed by atoms with van der Waals surface area (Å²) < 4.78 is 44.2. The van der Waals surface area contributed by atoms with Gasteiger partial charge in [-0.2, -0.15) is 13.2 Å². The van der Waals surface area contributed by atoms with Gasteiger partial charge in [0.2, 0.25) is 0 Å². The van der Waals surface area contributed by atoms with E-state index in [1.807, 2.05) is 0 Å². The van der Waals surface area contributed by atoms with Crippen molar-refractivity contribution in [1.82, 2.24) is 4.98 Å². The van der Waals surface area contributed by atoms with Gasteiger partial charge in [0.1, 0.15) is 5.75 Å². The molecule has 31 heavy (non-hydrogen) atoms. The lowest BCUT2D eigenvalue weighted by Gasteiger charge is -2.42. The van der Waals surface area contributed by atoms with Crippen LogP contribution in [-0.4, -0.2) is 22.8 Å². The molecule has 1 aromatic heterocycles. The highest BCUT2D eigenvalue weighted by atomic mass is 35.5. The molecule has 0 aliphatic heterocycles. The Morgan fingerprint density at radius 1 is 1.19 bits per heavy atom. The maximum atomic E-state index is 12.7. The van der Waals surface area contributed by atoms with Crippen molar-refractivity contribution in [3.05, 3.63) is 39.8 Å². The Bertz CT molecular complexity index is 992. The van der Waals surface area contributed by atoms with Crippen LogP contribution >= 0.6 is 11.6 Å². The number of rotatable bonds is 7. The molecule has 3 N–H and O–H groups in total. The van der Waals surface area contributed by atoms with Gasteiger partial charge < -0.3 is 15.5 Å². The van der Waals surface area contributed by atoms with Crippen molar-refractivity contribution in [1.29, 1.82) is 0 Å². The van der Waals surface area contributed by atoms with E-state index in [0.29, 0.717) is 22.6 Å². The van der Waals surface area contributed by atoms with Crippen molar-refractivity contribution < 1.29 is 17.9 Å². The zero-order valence-corrected chi connectivity index (χ0v) is 18.1. The monoisotopic (exact) mass is 456 g/mol. The number of H-pyrrole nitrogens is 1. The zero-order chi connectivity index (χ0) is 22.3. The summed E-state index contributed by atoms with van der Waals surface area (Å²) in [4.78, 5) is 14.6. The van der Waals surface area contributed by atoms with Gasteiger partial charge in [-0.1, -0.05) is 11.6 Å². The molecule has 2 fully saturated rings. The van der Waals surface area contributed by atoms with Gasteiger partial charge in [-0.3, -0.25) is 4.79 Å². The lowest BCUT2D eigenvalue weighted by atomic mass is 9.66. The van der Waals surface area contributed by atoms with E-state index >= 15 is 0 Å². The van der Waals surface area contributed by atoms with E-state index in [4.69, 9.17) is 22.1 Å². The number of hydrogen-bond donors (Lipinski definition) is 2. The summed E-state index contributed by atoms with van der Waals surface area (Å²) in [5, 5.41) is 1.63. The van der Waals surface area contributed by atoms with Crippen LogP contribution in [0.3, 0.4) is 0 Å². The highest BCUT2D eigenvalue weighted by Gasteiger charge is 2.47. The summed E-state index contributed by atoms with van der Waals surface area (Å²) in [6, 6.07) is 5.18. The molecule has 0 spiro atoms. The van der Waals surface area contributed by atoms with E-state index in [1.165, 1.54) is 0 Å². The maximum absolute atomic E-state index is 12.7. The van der Waals surface area contributed by atoms with Crippen LogP contribution in [0, 0.1) is 5.41 Å². The predicted molar refractivity (Wildman–Crippen MR) is 116 cm³/mol. The van der Waals surface area contributed by atoms with Crippen LogP contribution in [0.15, 0.2) is 29.2 Å². The summed E-state index contributed by atoms with van der Waals surface area (Å²) in [6.45, 7) is 0. The molecule has 1 heterocycles. The number of pyridine rings is 1. The first-order chi connectivity index (χ1) is 14.6. The smallest absolute Gasteiger partial charge is 0.389 e. The molecule has 2 saturated carbocycles. The number of aromatic amines is 1. The molecule has 0 saturated heterocycles. The number of alkyl halides is 3. The van der Waals surface area contributed by atoms with E-state index < -0.39 is 12.6 Å². The first-order valence-corrected chi connectivity index (χ1v) is 11.3. The molecule has 0 unspecified atom stereocenters. The van der Waals surface area contributed by atoms with Crippen LogP contribution < -0.4 is 16.0 Å². The summed E-state index contributed by atoms with van der Waals surface area (Å²) in [7, 11) is 0. The van der Waals surface area contributed by atoms with Crippen LogP contribution in [0.1, 0.15) is 64.2 Å². The maximum Gasteiger partial charge on any atom is 0.389 e. The number of ether oxygens (including phenoxy) is 1. The molecular formula is C23H28ClF3N2O2. The molecule has 0 radical (unpaired) electrons. The Labute approximate surface area is 184 Å². The van der Waals surface area contributed by atoms with Crippen molar-refractivity contribution in [2.75, 3.05) is 0 Å². The van der Waals surface area contributed by atoms with Gasteiger partial charge in [0, 0.05) is 23.5 Å². The van der Waals surface area contributed by atoms with Crippen LogP contribution in [0.4, 0.5) is 13.2 Å². The largest absolute Gasteiger partial charge is 0.489 e. The first kappa shape index (κ1) is 22.5. The molecule has 4 rings (SSSR count). The number of halogens is 4. The Morgan fingerprint density at radius 3 is 2.55 bits per heavy atom. The first-order valence-electron chi connectivity index (χ1n) is 10.9. The molecule has 0 amide bonds. The Hall–Kier alpha value is -1.73. The number of nitrogens with one attached hydrogen (secondary N) is 1. The van der Waals surface area contributed by atoms with Crippen molar-refractivity contribution >= 4 is 22.4 Å². The molecule has 2 aromatic rings. The van der Waals surface area contributed by atoms with Crippen molar-refractivity contribution in [3.8, 4) is 5.75 Å². The second kappa shape index (κ2) is 8.32. The summed E-state index contributed by atoms with van der Waals surface area (Å²) >= 11 is 6.36. The molecule has 0 bridgehead atoms. The third kappa shape index (κ3) is 5.55. The topological polar surface area (TPSA) is 68.1 Å². The lowest BCUT2D eigenvalue weighted by molar-refractivity contribution is -0.137. The molecule has 4 nitrogen and oxygen atoms in total. The second-order valence-corrected chi connectivity index (χ2v) is 9.91. The number of fused-ring (bicyclic) bond motifs is 1. The molecule has 170 valence electrons. The predicted octanol–water partition coefficient (Wildman–Crippen LogP) is 6.10. The van der Waals surface area contributed by atoms with Crippen molar-refractivity contribution in [2.24, 2.45) is 11.1 Å². The molecule has 8 heteroatoms. The standard InChI is InChI=1S/C23H28ClF3N2O2/c24-18-13-17-15(4-11-29-20(17)30)12-19(18)31-16-2-7-21(8-3-16,14-22(28)9-10-22)5-1-6-23(25,26)27/h4,11-13,16H,1-3,5-10,14,28H2,(H,29,30). The van der Waals surface area contributed by atoms with Gasteiger partial charge >= 0.3 is 6.18 Å². The van der Waals surface area contributed by atoms with Crippen molar-refractivity contribution in [2.45, 2.75) is 82.0 Å². The van der Waals surface area contributed by atoms with Crippen LogP contribution in [0.2, 0.25) is 5.02 Å². The molecule has 2 aliphatic rings.